The first kappa shape index (κ1) is 23.4. The van der Waals surface area contributed by atoms with Gasteiger partial charge in [-0.15, -0.1) is 11.8 Å². The molecule has 0 aromatic carbocycles. The van der Waals surface area contributed by atoms with Crippen LogP contribution in [-0.4, -0.2) is 70.0 Å². The Kier molecular flexibility index (Phi) is 7.71. The van der Waals surface area contributed by atoms with Crippen molar-refractivity contribution in [3.63, 3.8) is 0 Å². The fourth-order valence-electron chi connectivity index (χ4n) is 5.65. The highest BCUT2D eigenvalue weighted by molar-refractivity contribution is 8.02. The molecule has 7 nitrogen and oxygen atoms in total. The number of hydrogen-bond acceptors (Lipinski definition) is 5. The summed E-state index contributed by atoms with van der Waals surface area (Å²) < 4.78 is -0.555. The lowest BCUT2D eigenvalue weighted by molar-refractivity contribution is -0.140. The summed E-state index contributed by atoms with van der Waals surface area (Å²) >= 11 is 1.70. The summed E-state index contributed by atoms with van der Waals surface area (Å²) in [6.45, 7) is 7.79. The molecule has 2 bridgehead atoms. The van der Waals surface area contributed by atoms with E-state index >= 15 is 0 Å². The third-order valence-electron chi connectivity index (χ3n) is 6.98. The molecule has 3 aliphatic rings. The Labute approximate surface area is 184 Å². The first-order valence-electron chi connectivity index (χ1n) is 11.6. The average Bonchev–Trinajstić information content (AvgIpc) is 3.31. The molecule has 0 aromatic rings. The second kappa shape index (κ2) is 9.90. The minimum Gasteiger partial charge on any atom is -0.396 e. The van der Waals surface area contributed by atoms with Gasteiger partial charge in [0.2, 0.25) is 17.7 Å². The van der Waals surface area contributed by atoms with Crippen molar-refractivity contribution in [3.8, 4) is 0 Å². The Morgan fingerprint density at radius 1 is 1.13 bits per heavy atom. The van der Waals surface area contributed by atoms with E-state index in [1.165, 1.54) is 0 Å². The van der Waals surface area contributed by atoms with Crippen molar-refractivity contribution in [2.24, 2.45) is 17.8 Å². The van der Waals surface area contributed by atoms with Crippen LogP contribution < -0.4 is 10.6 Å². The van der Waals surface area contributed by atoms with Crippen LogP contribution in [0.1, 0.15) is 59.3 Å². The molecule has 3 N–H and O–H groups in total. The Morgan fingerprint density at radius 3 is 2.53 bits per heavy atom. The van der Waals surface area contributed by atoms with E-state index in [1.807, 2.05) is 6.92 Å². The number of fused-ring (bicyclic) bond motifs is 1. The van der Waals surface area contributed by atoms with Crippen LogP contribution in [-0.2, 0) is 14.4 Å². The molecular weight excluding hydrogens is 402 g/mol. The van der Waals surface area contributed by atoms with Gasteiger partial charge < -0.3 is 20.6 Å². The molecule has 0 aliphatic carbocycles. The quantitative estimate of drug-likeness (QED) is 0.424. The number of hydrogen-bond donors (Lipinski definition) is 3. The highest BCUT2D eigenvalue weighted by Crippen LogP contribution is 2.68. The zero-order valence-corrected chi connectivity index (χ0v) is 19.3. The number of aliphatic hydroxyl groups excluding tert-OH is 1. The number of carbonyl (C=O) groups excluding carboxylic acids is 3. The molecule has 3 saturated heterocycles. The molecule has 170 valence electrons. The minimum absolute atomic E-state index is 0.0297. The summed E-state index contributed by atoms with van der Waals surface area (Å²) in [5.41, 5.74) is 0. The van der Waals surface area contributed by atoms with Crippen molar-refractivity contribution in [3.05, 3.63) is 0 Å². The van der Waals surface area contributed by atoms with E-state index in [-0.39, 0.29) is 41.4 Å². The van der Waals surface area contributed by atoms with Gasteiger partial charge in [0, 0.05) is 31.5 Å². The largest absolute Gasteiger partial charge is 0.396 e. The highest BCUT2D eigenvalue weighted by Gasteiger charge is 2.75. The van der Waals surface area contributed by atoms with Gasteiger partial charge in [0.25, 0.3) is 0 Å². The van der Waals surface area contributed by atoms with Crippen LogP contribution in [0, 0.1) is 17.8 Å². The predicted molar refractivity (Wildman–Crippen MR) is 118 cm³/mol. The van der Waals surface area contributed by atoms with Crippen LogP contribution in [0.25, 0.3) is 0 Å². The molecule has 0 radical (unpaired) electrons. The topological polar surface area (TPSA) is 98.7 Å². The number of aliphatic hydroxyl groups is 1. The maximum Gasteiger partial charge on any atom is 0.244 e. The number of amides is 3. The SMILES string of the molecule is CCCCCNC(=O)C1N(CCCO)C(=O)[C@@H]2[C@H](C(=O)NCCC)[C@@H]3CC(C)C12S3. The molecule has 3 heterocycles. The van der Waals surface area contributed by atoms with E-state index in [0.717, 1.165) is 32.1 Å². The first-order chi connectivity index (χ1) is 14.4. The molecule has 30 heavy (non-hydrogen) atoms. The van der Waals surface area contributed by atoms with Crippen LogP contribution in [0.4, 0.5) is 0 Å². The second-order valence-electron chi connectivity index (χ2n) is 8.95. The van der Waals surface area contributed by atoms with Crippen molar-refractivity contribution >= 4 is 29.5 Å². The van der Waals surface area contributed by atoms with Crippen molar-refractivity contribution in [2.45, 2.75) is 75.3 Å². The first-order valence-corrected chi connectivity index (χ1v) is 12.5. The van der Waals surface area contributed by atoms with Crippen molar-refractivity contribution in [2.75, 3.05) is 26.2 Å². The predicted octanol–water partition coefficient (Wildman–Crippen LogP) is 1.54. The van der Waals surface area contributed by atoms with Gasteiger partial charge in [-0.1, -0.05) is 33.6 Å². The maximum atomic E-state index is 13.6. The van der Waals surface area contributed by atoms with Gasteiger partial charge >= 0.3 is 0 Å². The van der Waals surface area contributed by atoms with E-state index in [2.05, 4.69) is 24.5 Å². The van der Waals surface area contributed by atoms with Crippen molar-refractivity contribution in [1.82, 2.24) is 15.5 Å². The average molecular weight is 440 g/mol. The van der Waals surface area contributed by atoms with Crippen LogP contribution in [0.5, 0.6) is 0 Å². The Bertz CT molecular complexity index is 660. The molecule has 3 rings (SSSR count). The summed E-state index contributed by atoms with van der Waals surface area (Å²) in [6, 6.07) is -0.572. The third kappa shape index (κ3) is 3.85. The molecule has 0 aromatic heterocycles. The normalized spacial score (nSPS) is 34.3. The number of thioether (sulfide) groups is 1. The molecule has 0 saturated carbocycles. The van der Waals surface area contributed by atoms with Crippen molar-refractivity contribution < 1.29 is 19.5 Å². The van der Waals surface area contributed by atoms with Gasteiger partial charge in [-0.05, 0) is 31.6 Å². The van der Waals surface area contributed by atoms with Gasteiger partial charge in [0.15, 0.2) is 0 Å². The molecular formula is C22H37N3O4S. The summed E-state index contributed by atoms with van der Waals surface area (Å²) in [7, 11) is 0. The number of rotatable bonds is 11. The summed E-state index contributed by atoms with van der Waals surface area (Å²) in [6.07, 6.45) is 5.19. The zero-order chi connectivity index (χ0) is 21.9. The third-order valence-corrected chi connectivity index (χ3v) is 9.06. The van der Waals surface area contributed by atoms with Crippen LogP contribution >= 0.6 is 11.8 Å². The van der Waals surface area contributed by atoms with Gasteiger partial charge in [0.05, 0.1) is 16.6 Å². The standard InChI is InChI=1S/C22H37N3O4S/c1-4-6-7-10-24-20(28)18-22-14(3)13-15(30-22)16(19(27)23-9-5-2)17(22)21(29)25(18)11-8-12-26/h14-18,26H,4-13H2,1-3H3,(H,23,27)(H,24,28)/t14?,15-,16+,17-,18?,22?/m0/s1. The van der Waals surface area contributed by atoms with Crippen molar-refractivity contribution in [1.29, 1.82) is 0 Å². The number of nitrogens with one attached hydrogen (secondary N) is 2. The summed E-state index contributed by atoms with van der Waals surface area (Å²) in [5, 5.41) is 15.5. The van der Waals surface area contributed by atoms with E-state index in [4.69, 9.17) is 0 Å². The Morgan fingerprint density at radius 2 is 1.87 bits per heavy atom. The second-order valence-corrected chi connectivity index (χ2v) is 10.5. The Balaban J connectivity index is 1.89. The molecule has 3 aliphatic heterocycles. The lowest BCUT2D eigenvalue weighted by Gasteiger charge is -2.38. The lowest BCUT2D eigenvalue weighted by atomic mass is 9.66. The summed E-state index contributed by atoms with van der Waals surface area (Å²) in [5.74, 6) is -0.891. The zero-order valence-electron chi connectivity index (χ0n) is 18.5. The van der Waals surface area contributed by atoms with E-state index in [9.17, 15) is 19.5 Å². The van der Waals surface area contributed by atoms with Crippen LogP contribution in [0.3, 0.4) is 0 Å². The number of likely N-dealkylation sites (tertiary alicyclic amines) is 1. The molecule has 3 unspecified atom stereocenters. The number of unbranched alkanes of at least 4 members (excludes halogenated alkanes) is 2. The van der Waals surface area contributed by atoms with Gasteiger partial charge in [-0.25, -0.2) is 0 Å². The van der Waals surface area contributed by atoms with Gasteiger partial charge in [0.1, 0.15) is 6.04 Å². The number of carbonyl (C=O) groups is 3. The van der Waals surface area contributed by atoms with Crippen LogP contribution in [0.2, 0.25) is 0 Å². The highest BCUT2D eigenvalue weighted by atomic mass is 32.2. The van der Waals surface area contributed by atoms with E-state index in [1.54, 1.807) is 16.7 Å². The fourth-order valence-corrected chi connectivity index (χ4v) is 8.07. The van der Waals surface area contributed by atoms with Crippen LogP contribution in [0.15, 0.2) is 0 Å². The van der Waals surface area contributed by atoms with E-state index in [0.29, 0.717) is 26.1 Å². The molecule has 8 heteroatoms. The molecule has 3 amide bonds. The molecule has 1 spiro atoms. The monoisotopic (exact) mass is 439 g/mol. The summed E-state index contributed by atoms with van der Waals surface area (Å²) in [4.78, 5) is 41.6. The van der Waals surface area contributed by atoms with Gasteiger partial charge in [-0.2, -0.15) is 0 Å². The molecule has 3 fully saturated rings. The fraction of sp³-hybridized carbons (Fsp3) is 0.864. The van der Waals surface area contributed by atoms with Gasteiger partial charge in [-0.3, -0.25) is 14.4 Å². The molecule has 6 atom stereocenters. The lowest BCUT2D eigenvalue weighted by Crippen LogP contribution is -2.56. The van der Waals surface area contributed by atoms with E-state index < -0.39 is 16.7 Å². The minimum atomic E-state index is -0.572. The number of nitrogens with zero attached hydrogens (tertiary/aromatic N) is 1. The Hall–Kier alpha value is -1.28. The smallest absolute Gasteiger partial charge is 0.244 e. The maximum absolute atomic E-state index is 13.6.